The molecule has 0 atom stereocenters. The van der Waals surface area contributed by atoms with Crippen LogP contribution in [0.15, 0.2) is 35.4 Å². The van der Waals surface area contributed by atoms with Gasteiger partial charge in [-0.15, -0.1) is 4.83 Å². The summed E-state index contributed by atoms with van der Waals surface area (Å²) in [4.78, 5) is 15.0. The summed E-state index contributed by atoms with van der Waals surface area (Å²) >= 11 is 0. The summed E-state index contributed by atoms with van der Waals surface area (Å²) in [5, 5.41) is 2.26. The Balaban J connectivity index is 1.85. The van der Waals surface area contributed by atoms with Crippen LogP contribution in [0.4, 0.5) is 4.79 Å². The lowest BCUT2D eigenvalue weighted by molar-refractivity contribution is 0.0272. The predicted octanol–water partition coefficient (Wildman–Crippen LogP) is 1.95. The van der Waals surface area contributed by atoms with Crippen molar-refractivity contribution in [1.82, 2.24) is 14.4 Å². The van der Waals surface area contributed by atoms with Crippen LogP contribution in [-0.4, -0.2) is 56.0 Å². The Labute approximate surface area is 152 Å². The molecule has 0 bridgehead atoms. The first-order valence-corrected chi connectivity index (χ1v) is 9.84. The summed E-state index contributed by atoms with van der Waals surface area (Å²) in [5.41, 5.74) is -0.0245. The average molecular weight is 381 g/mol. The SMILES string of the molecule is CC(C)(C)OC(=O)n1ccc2cc(S(=O)(=O)NN3CCOCC3)ccc21. The number of carbonyl (C=O) groups is 1. The van der Waals surface area contributed by atoms with Gasteiger partial charge in [-0.3, -0.25) is 4.57 Å². The van der Waals surface area contributed by atoms with E-state index in [9.17, 15) is 13.2 Å². The quantitative estimate of drug-likeness (QED) is 0.874. The molecule has 1 aliphatic heterocycles. The minimum absolute atomic E-state index is 0.137. The molecular weight excluding hydrogens is 358 g/mol. The number of ether oxygens (including phenoxy) is 2. The maximum absolute atomic E-state index is 12.6. The van der Waals surface area contributed by atoms with E-state index in [2.05, 4.69) is 4.83 Å². The number of hydrogen-bond acceptors (Lipinski definition) is 6. The first-order valence-electron chi connectivity index (χ1n) is 8.35. The molecule has 9 heteroatoms. The molecule has 0 spiro atoms. The van der Waals surface area contributed by atoms with Gasteiger partial charge in [0.05, 0.1) is 23.6 Å². The van der Waals surface area contributed by atoms with Crippen LogP contribution in [0.3, 0.4) is 0 Å². The molecule has 3 rings (SSSR count). The number of nitrogens with zero attached hydrogens (tertiary/aromatic N) is 2. The number of aromatic nitrogens is 1. The van der Waals surface area contributed by atoms with Gasteiger partial charge in [-0.05, 0) is 45.0 Å². The normalized spacial score (nSPS) is 16.7. The summed E-state index contributed by atoms with van der Waals surface area (Å²) < 4.78 is 37.1. The van der Waals surface area contributed by atoms with E-state index < -0.39 is 21.7 Å². The van der Waals surface area contributed by atoms with Crippen LogP contribution >= 0.6 is 0 Å². The van der Waals surface area contributed by atoms with Crippen molar-refractivity contribution in [3.8, 4) is 0 Å². The third-order valence-corrected chi connectivity index (χ3v) is 5.20. The predicted molar refractivity (Wildman–Crippen MR) is 96.3 cm³/mol. The molecule has 1 fully saturated rings. The van der Waals surface area contributed by atoms with Crippen molar-refractivity contribution in [3.05, 3.63) is 30.5 Å². The average Bonchev–Trinajstić information content (AvgIpc) is 2.97. The molecule has 142 valence electrons. The van der Waals surface area contributed by atoms with Gasteiger partial charge < -0.3 is 9.47 Å². The molecule has 0 aliphatic carbocycles. The first-order chi connectivity index (χ1) is 12.2. The van der Waals surface area contributed by atoms with Gasteiger partial charge in [0, 0.05) is 24.7 Å². The number of hydrazine groups is 1. The Hall–Kier alpha value is -1.94. The highest BCUT2D eigenvalue weighted by Crippen LogP contribution is 2.22. The molecule has 1 aliphatic rings. The monoisotopic (exact) mass is 381 g/mol. The van der Waals surface area contributed by atoms with Crippen molar-refractivity contribution in [2.24, 2.45) is 0 Å². The lowest BCUT2D eigenvalue weighted by Crippen LogP contribution is -2.48. The largest absolute Gasteiger partial charge is 0.443 e. The summed E-state index contributed by atoms with van der Waals surface area (Å²) in [6.07, 6.45) is 1.07. The molecule has 0 radical (unpaired) electrons. The fraction of sp³-hybridized carbons (Fsp3) is 0.471. The summed E-state index contributed by atoms with van der Waals surface area (Å²) in [7, 11) is -3.70. The standard InChI is InChI=1S/C17H23N3O5S/c1-17(2,3)25-16(21)20-7-6-13-12-14(4-5-15(13)20)26(22,23)18-19-8-10-24-11-9-19/h4-7,12,18H,8-11H2,1-3H3. The molecule has 2 heterocycles. The molecule has 1 saturated heterocycles. The molecule has 8 nitrogen and oxygen atoms in total. The van der Waals surface area contributed by atoms with E-state index in [4.69, 9.17) is 9.47 Å². The molecule has 0 amide bonds. The highest BCUT2D eigenvalue weighted by Gasteiger charge is 2.22. The number of benzene rings is 1. The molecule has 1 aromatic carbocycles. The van der Waals surface area contributed by atoms with Gasteiger partial charge >= 0.3 is 6.09 Å². The molecule has 0 unspecified atom stereocenters. The van der Waals surface area contributed by atoms with E-state index in [-0.39, 0.29) is 4.90 Å². The zero-order valence-corrected chi connectivity index (χ0v) is 15.9. The number of carbonyl (C=O) groups excluding carboxylic acids is 1. The van der Waals surface area contributed by atoms with Crippen LogP contribution in [0, 0.1) is 0 Å². The molecule has 1 aromatic heterocycles. The smallest absolute Gasteiger partial charge is 0.418 e. The number of rotatable bonds is 3. The Bertz CT molecular complexity index is 908. The summed E-state index contributed by atoms with van der Waals surface area (Å²) in [6, 6.07) is 6.31. The van der Waals surface area contributed by atoms with Gasteiger partial charge in [0.2, 0.25) is 0 Å². The lowest BCUT2D eigenvalue weighted by atomic mass is 10.2. The molecule has 2 aromatic rings. The van der Waals surface area contributed by atoms with Crippen LogP contribution in [-0.2, 0) is 19.5 Å². The van der Waals surface area contributed by atoms with E-state index in [0.717, 1.165) is 0 Å². The van der Waals surface area contributed by atoms with Gasteiger partial charge in [0.15, 0.2) is 0 Å². The van der Waals surface area contributed by atoms with Crippen molar-refractivity contribution in [1.29, 1.82) is 0 Å². The number of nitrogens with one attached hydrogen (secondary N) is 1. The molecule has 0 saturated carbocycles. The number of hydrogen-bond donors (Lipinski definition) is 1. The fourth-order valence-corrected chi connectivity index (χ4v) is 3.79. The first kappa shape index (κ1) is 18.8. The van der Waals surface area contributed by atoms with Crippen molar-refractivity contribution in [3.63, 3.8) is 0 Å². The van der Waals surface area contributed by atoms with Crippen LogP contribution < -0.4 is 4.83 Å². The Morgan fingerprint density at radius 3 is 2.54 bits per heavy atom. The van der Waals surface area contributed by atoms with Gasteiger partial charge in [-0.1, -0.05) is 0 Å². The summed E-state index contributed by atoms with van der Waals surface area (Å²) in [6.45, 7) is 7.34. The van der Waals surface area contributed by atoms with Crippen molar-refractivity contribution in [2.45, 2.75) is 31.3 Å². The second-order valence-electron chi connectivity index (χ2n) is 7.08. The zero-order valence-electron chi connectivity index (χ0n) is 15.1. The Kier molecular flexibility index (Phi) is 5.07. The number of morpholine rings is 1. The van der Waals surface area contributed by atoms with E-state index in [0.29, 0.717) is 37.2 Å². The van der Waals surface area contributed by atoms with Crippen molar-refractivity contribution in [2.75, 3.05) is 26.3 Å². The maximum Gasteiger partial charge on any atom is 0.418 e. The highest BCUT2D eigenvalue weighted by molar-refractivity contribution is 7.89. The second kappa shape index (κ2) is 6.99. The van der Waals surface area contributed by atoms with Gasteiger partial charge in [0.25, 0.3) is 10.0 Å². The number of sulfonamides is 1. The van der Waals surface area contributed by atoms with E-state index in [1.54, 1.807) is 50.2 Å². The minimum atomic E-state index is -3.70. The molecule has 1 N–H and O–H groups in total. The molecule has 26 heavy (non-hydrogen) atoms. The van der Waals surface area contributed by atoms with E-state index in [1.807, 2.05) is 0 Å². The second-order valence-corrected chi connectivity index (χ2v) is 8.74. The van der Waals surface area contributed by atoms with E-state index in [1.165, 1.54) is 10.6 Å². The Morgan fingerprint density at radius 1 is 1.19 bits per heavy atom. The van der Waals surface area contributed by atoms with Crippen molar-refractivity contribution < 1.29 is 22.7 Å². The zero-order chi connectivity index (χ0) is 18.9. The topological polar surface area (TPSA) is 89.9 Å². The summed E-state index contributed by atoms with van der Waals surface area (Å²) in [5.74, 6) is 0. The Morgan fingerprint density at radius 2 is 1.88 bits per heavy atom. The van der Waals surface area contributed by atoms with Crippen LogP contribution in [0.25, 0.3) is 10.9 Å². The lowest BCUT2D eigenvalue weighted by Gasteiger charge is -2.26. The molecular formula is C17H23N3O5S. The van der Waals surface area contributed by atoms with Crippen LogP contribution in [0.2, 0.25) is 0 Å². The van der Waals surface area contributed by atoms with Gasteiger partial charge in [-0.25, -0.2) is 18.2 Å². The maximum atomic E-state index is 12.6. The minimum Gasteiger partial charge on any atom is -0.443 e. The van der Waals surface area contributed by atoms with Crippen molar-refractivity contribution >= 4 is 27.0 Å². The third kappa shape index (κ3) is 4.24. The van der Waals surface area contributed by atoms with Crippen LogP contribution in [0.5, 0.6) is 0 Å². The number of fused-ring (bicyclic) bond motifs is 1. The van der Waals surface area contributed by atoms with E-state index >= 15 is 0 Å². The third-order valence-electron chi connectivity index (χ3n) is 3.82. The van der Waals surface area contributed by atoms with Crippen LogP contribution in [0.1, 0.15) is 20.8 Å². The van der Waals surface area contributed by atoms with Gasteiger partial charge in [0.1, 0.15) is 5.60 Å². The highest BCUT2D eigenvalue weighted by atomic mass is 32.2. The fourth-order valence-electron chi connectivity index (χ4n) is 2.64. The van der Waals surface area contributed by atoms with Gasteiger partial charge in [-0.2, -0.15) is 0 Å².